The number of halogens is 1. The zero-order chi connectivity index (χ0) is 18.3. The van der Waals surface area contributed by atoms with Gasteiger partial charge in [-0.1, -0.05) is 12.1 Å². The first-order valence-corrected chi connectivity index (χ1v) is 8.93. The Hall–Kier alpha value is -2.76. The Labute approximate surface area is 151 Å². The van der Waals surface area contributed by atoms with E-state index in [1.54, 1.807) is 22.7 Å². The lowest BCUT2D eigenvalue weighted by Crippen LogP contribution is -2.39. The summed E-state index contributed by atoms with van der Waals surface area (Å²) < 4.78 is 15.0. The van der Waals surface area contributed by atoms with E-state index in [4.69, 9.17) is 0 Å². The van der Waals surface area contributed by atoms with Crippen molar-refractivity contribution in [2.24, 2.45) is 0 Å². The summed E-state index contributed by atoms with van der Waals surface area (Å²) >= 11 is 0. The van der Waals surface area contributed by atoms with Crippen LogP contribution < -0.4 is 0 Å². The number of carbonyl (C=O) groups excluding carboxylic acids is 1. The molecule has 0 bridgehead atoms. The molecule has 6 heteroatoms. The third-order valence-electron chi connectivity index (χ3n) is 4.96. The average molecular weight is 352 g/mol. The highest BCUT2D eigenvalue weighted by atomic mass is 19.1. The molecular weight excluding hydrogens is 331 g/mol. The number of likely N-dealkylation sites (tertiary alicyclic amines) is 1. The maximum Gasteiger partial charge on any atom is 0.273 e. The lowest BCUT2D eigenvalue weighted by atomic mass is 9.95. The molecule has 2 aromatic heterocycles. The number of aromatic nitrogens is 3. The highest BCUT2D eigenvalue weighted by Gasteiger charge is 2.29. The van der Waals surface area contributed by atoms with E-state index in [-0.39, 0.29) is 17.8 Å². The molecular formula is C20H21FN4O. The topological polar surface area (TPSA) is 50.5 Å². The van der Waals surface area contributed by atoms with Crippen molar-refractivity contribution in [1.29, 1.82) is 0 Å². The van der Waals surface area contributed by atoms with E-state index in [2.05, 4.69) is 10.1 Å². The van der Waals surface area contributed by atoms with E-state index >= 15 is 0 Å². The number of benzene rings is 1. The molecule has 1 amide bonds. The van der Waals surface area contributed by atoms with Crippen LogP contribution in [0.1, 0.15) is 52.7 Å². The fourth-order valence-corrected chi connectivity index (χ4v) is 3.70. The van der Waals surface area contributed by atoms with Crippen molar-refractivity contribution in [2.45, 2.75) is 39.2 Å². The van der Waals surface area contributed by atoms with Gasteiger partial charge in [-0.3, -0.25) is 4.79 Å². The molecule has 1 aromatic carbocycles. The smallest absolute Gasteiger partial charge is 0.273 e. The monoisotopic (exact) mass is 352 g/mol. The van der Waals surface area contributed by atoms with Crippen LogP contribution in [0.3, 0.4) is 0 Å². The molecule has 0 saturated carbocycles. The van der Waals surface area contributed by atoms with Crippen LogP contribution in [0.2, 0.25) is 0 Å². The lowest BCUT2D eigenvalue weighted by Gasteiger charge is -2.36. The quantitative estimate of drug-likeness (QED) is 0.704. The Balaban J connectivity index is 1.70. The average Bonchev–Trinajstić information content (AvgIpc) is 3.03. The molecule has 1 saturated heterocycles. The molecule has 1 atom stereocenters. The van der Waals surface area contributed by atoms with Crippen LogP contribution in [0, 0.1) is 19.7 Å². The number of nitrogens with zero attached hydrogens (tertiary/aromatic N) is 4. The second-order valence-electron chi connectivity index (χ2n) is 6.90. The Morgan fingerprint density at radius 1 is 1.15 bits per heavy atom. The Bertz CT molecular complexity index is 964. The van der Waals surface area contributed by atoms with Gasteiger partial charge in [-0.25, -0.2) is 13.9 Å². The third kappa shape index (κ3) is 2.96. The number of fused-ring (bicyclic) bond motifs is 1. The number of amides is 1. The van der Waals surface area contributed by atoms with Crippen molar-refractivity contribution >= 4 is 11.6 Å². The predicted octanol–water partition coefficient (Wildman–Crippen LogP) is 3.85. The molecule has 0 aliphatic carbocycles. The summed E-state index contributed by atoms with van der Waals surface area (Å²) in [5, 5.41) is 4.39. The maximum atomic E-state index is 13.3. The van der Waals surface area contributed by atoms with Crippen molar-refractivity contribution < 1.29 is 9.18 Å². The van der Waals surface area contributed by atoms with Gasteiger partial charge in [0.2, 0.25) is 0 Å². The zero-order valence-corrected chi connectivity index (χ0v) is 14.9. The van der Waals surface area contributed by atoms with Gasteiger partial charge < -0.3 is 4.90 Å². The van der Waals surface area contributed by atoms with Gasteiger partial charge in [0.15, 0.2) is 5.65 Å². The molecule has 4 rings (SSSR count). The molecule has 0 spiro atoms. The van der Waals surface area contributed by atoms with Crippen LogP contribution in [0.4, 0.5) is 4.39 Å². The Morgan fingerprint density at radius 3 is 2.69 bits per heavy atom. The summed E-state index contributed by atoms with van der Waals surface area (Å²) in [5.74, 6) is -0.343. The first kappa shape index (κ1) is 16.7. The second-order valence-corrected chi connectivity index (χ2v) is 6.90. The van der Waals surface area contributed by atoms with Crippen LogP contribution >= 0.6 is 0 Å². The van der Waals surface area contributed by atoms with Crippen molar-refractivity contribution in [3.8, 4) is 0 Å². The largest absolute Gasteiger partial charge is 0.330 e. The van der Waals surface area contributed by atoms with E-state index in [9.17, 15) is 9.18 Å². The summed E-state index contributed by atoms with van der Waals surface area (Å²) in [6.07, 6.45) is 2.90. The summed E-state index contributed by atoms with van der Waals surface area (Å²) in [7, 11) is 0. The lowest BCUT2D eigenvalue weighted by molar-refractivity contribution is 0.0605. The molecule has 1 aliphatic rings. The summed E-state index contributed by atoms with van der Waals surface area (Å²) in [5.41, 5.74) is 3.83. The van der Waals surface area contributed by atoms with Crippen LogP contribution in [0.15, 0.2) is 36.4 Å². The van der Waals surface area contributed by atoms with Crippen molar-refractivity contribution in [3.63, 3.8) is 0 Å². The molecule has 3 heterocycles. The van der Waals surface area contributed by atoms with Gasteiger partial charge in [0, 0.05) is 18.3 Å². The standard InChI is InChI=1S/C20H21FN4O/c1-13-11-19-22-17(12-14(2)25(19)23-13)20(26)24-10-4-3-5-18(24)15-6-8-16(21)9-7-15/h6-9,11-12,18H,3-5,10H2,1-2H3/t18-/m0/s1. The van der Waals surface area contributed by atoms with Crippen molar-refractivity contribution in [2.75, 3.05) is 6.54 Å². The van der Waals surface area contributed by atoms with Gasteiger partial charge in [0.05, 0.1) is 11.7 Å². The Morgan fingerprint density at radius 2 is 1.92 bits per heavy atom. The SMILES string of the molecule is Cc1cc2nc(C(=O)N3CCCC[C@H]3c3ccc(F)cc3)cc(C)n2n1. The summed E-state index contributed by atoms with van der Waals surface area (Å²) in [4.78, 5) is 19.6. The number of rotatable bonds is 2. The number of carbonyl (C=O) groups is 1. The molecule has 26 heavy (non-hydrogen) atoms. The zero-order valence-electron chi connectivity index (χ0n) is 14.9. The molecule has 1 fully saturated rings. The molecule has 134 valence electrons. The molecule has 5 nitrogen and oxygen atoms in total. The number of aryl methyl sites for hydroxylation is 2. The van der Waals surface area contributed by atoms with E-state index < -0.39 is 0 Å². The van der Waals surface area contributed by atoms with Gasteiger partial charge in [0.1, 0.15) is 11.5 Å². The van der Waals surface area contributed by atoms with Gasteiger partial charge >= 0.3 is 0 Å². The number of piperidine rings is 1. The van der Waals surface area contributed by atoms with E-state index in [0.717, 1.165) is 36.2 Å². The first-order valence-electron chi connectivity index (χ1n) is 8.93. The van der Waals surface area contributed by atoms with E-state index in [1.165, 1.54) is 12.1 Å². The van der Waals surface area contributed by atoms with E-state index in [1.807, 2.05) is 24.8 Å². The third-order valence-corrected chi connectivity index (χ3v) is 4.96. The number of hydrogen-bond acceptors (Lipinski definition) is 3. The van der Waals surface area contributed by atoms with Gasteiger partial charge in [-0.15, -0.1) is 0 Å². The van der Waals surface area contributed by atoms with Crippen LogP contribution in [0.25, 0.3) is 5.65 Å². The molecule has 1 aliphatic heterocycles. The van der Waals surface area contributed by atoms with Gasteiger partial charge in [-0.05, 0) is 56.9 Å². The second kappa shape index (κ2) is 6.52. The minimum Gasteiger partial charge on any atom is -0.330 e. The van der Waals surface area contributed by atoms with Gasteiger partial charge in [-0.2, -0.15) is 5.10 Å². The first-order chi connectivity index (χ1) is 12.5. The molecule has 0 radical (unpaired) electrons. The highest BCUT2D eigenvalue weighted by Crippen LogP contribution is 2.32. The fraction of sp³-hybridized carbons (Fsp3) is 0.350. The minimum absolute atomic E-state index is 0.0400. The van der Waals surface area contributed by atoms with Crippen molar-refractivity contribution in [1.82, 2.24) is 19.5 Å². The van der Waals surface area contributed by atoms with E-state index in [0.29, 0.717) is 17.9 Å². The van der Waals surface area contributed by atoms with Crippen LogP contribution in [-0.4, -0.2) is 31.9 Å². The summed E-state index contributed by atoms with van der Waals surface area (Å²) in [6, 6.07) is 10.1. The normalized spacial score (nSPS) is 17.7. The minimum atomic E-state index is -0.263. The predicted molar refractivity (Wildman–Crippen MR) is 96.5 cm³/mol. The van der Waals surface area contributed by atoms with Crippen molar-refractivity contribution in [3.05, 3.63) is 64.9 Å². The molecule has 0 N–H and O–H groups in total. The van der Waals surface area contributed by atoms with Crippen LogP contribution in [0.5, 0.6) is 0 Å². The maximum absolute atomic E-state index is 13.3. The molecule has 0 unspecified atom stereocenters. The molecule has 3 aromatic rings. The highest BCUT2D eigenvalue weighted by molar-refractivity contribution is 5.93. The Kier molecular flexibility index (Phi) is 4.18. The number of hydrogen-bond donors (Lipinski definition) is 0. The van der Waals surface area contributed by atoms with Crippen LogP contribution in [-0.2, 0) is 0 Å². The van der Waals surface area contributed by atoms with Gasteiger partial charge in [0.25, 0.3) is 5.91 Å². The fourth-order valence-electron chi connectivity index (χ4n) is 3.70. The summed E-state index contributed by atoms with van der Waals surface area (Å²) in [6.45, 7) is 4.52.